The maximum Gasteiger partial charge on any atom is 0.419 e. The molecule has 0 spiro atoms. The molecule has 9 heteroatoms. The molecule has 0 saturated carbocycles. The van der Waals surface area contributed by atoms with Gasteiger partial charge in [0, 0.05) is 11.5 Å². The van der Waals surface area contributed by atoms with E-state index in [9.17, 15) is 17.6 Å². The Balaban J connectivity index is 2.25. The van der Waals surface area contributed by atoms with Crippen molar-refractivity contribution in [2.24, 2.45) is 0 Å². The Bertz CT molecular complexity index is 969. The van der Waals surface area contributed by atoms with Crippen LogP contribution in [0.3, 0.4) is 0 Å². The molecule has 4 nitrogen and oxygen atoms in total. The smallest absolute Gasteiger partial charge is 0.419 e. The summed E-state index contributed by atoms with van der Waals surface area (Å²) in [7, 11) is 0. The SMILES string of the molecule is CCCOc1cc(-n2nc(C)c3cc(Cl)ncc32)cc(C(F)(F)F)c1F. The first-order valence-corrected chi connectivity index (χ1v) is 8.15. The van der Waals surface area contributed by atoms with Gasteiger partial charge in [-0.15, -0.1) is 0 Å². The average molecular weight is 388 g/mol. The molecule has 2 aromatic heterocycles. The number of aryl methyl sites for hydroxylation is 1. The van der Waals surface area contributed by atoms with Crippen LogP contribution in [0.1, 0.15) is 24.6 Å². The molecule has 0 aliphatic rings. The standard InChI is InChI=1S/C17H14ClF4N3O/c1-3-4-26-14-6-10(5-12(16(14)19)17(20,21)22)25-13-8-23-15(18)7-11(13)9(2)24-25/h5-8H,3-4H2,1-2H3. The van der Waals surface area contributed by atoms with E-state index in [0.717, 1.165) is 0 Å². The van der Waals surface area contributed by atoms with Gasteiger partial charge in [0.05, 0.1) is 35.3 Å². The van der Waals surface area contributed by atoms with Gasteiger partial charge in [0.15, 0.2) is 11.6 Å². The van der Waals surface area contributed by atoms with Crippen molar-refractivity contribution in [3.05, 3.63) is 46.6 Å². The van der Waals surface area contributed by atoms with Crippen molar-refractivity contribution >= 4 is 22.5 Å². The number of pyridine rings is 1. The maximum absolute atomic E-state index is 14.3. The number of rotatable bonds is 4. The van der Waals surface area contributed by atoms with E-state index in [1.807, 2.05) is 0 Å². The Morgan fingerprint density at radius 1 is 1.23 bits per heavy atom. The first kappa shape index (κ1) is 18.4. The van der Waals surface area contributed by atoms with E-state index >= 15 is 0 Å². The molecule has 0 atom stereocenters. The molecule has 3 aromatic rings. The van der Waals surface area contributed by atoms with Crippen molar-refractivity contribution in [1.82, 2.24) is 14.8 Å². The summed E-state index contributed by atoms with van der Waals surface area (Å²) >= 11 is 5.87. The van der Waals surface area contributed by atoms with Crippen molar-refractivity contribution in [1.29, 1.82) is 0 Å². The third-order valence-corrected chi connectivity index (χ3v) is 3.96. The molecule has 0 amide bonds. The van der Waals surface area contributed by atoms with Gasteiger partial charge in [-0.05, 0) is 25.5 Å². The molecule has 2 heterocycles. The zero-order valence-electron chi connectivity index (χ0n) is 13.9. The number of alkyl halides is 3. The number of fused-ring (bicyclic) bond motifs is 1. The van der Waals surface area contributed by atoms with E-state index in [0.29, 0.717) is 29.1 Å². The highest BCUT2D eigenvalue weighted by Gasteiger charge is 2.36. The van der Waals surface area contributed by atoms with Crippen LogP contribution in [0, 0.1) is 12.7 Å². The molecule has 0 fully saturated rings. The summed E-state index contributed by atoms with van der Waals surface area (Å²) in [4.78, 5) is 3.94. The minimum Gasteiger partial charge on any atom is -0.490 e. The van der Waals surface area contributed by atoms with E-state index in [-0.39, 0.29) is 17.4 Å². The zero-order valence-corrected chi connectivity index (χ0v) is 14.6. The minimum atomic E-state index is -4.87. The van der Waals surface area contributed by atoms with Crippen molar-refractivity contribution in [3.63, 3.8) is 0 Å². The lowest BCUT2D eigenvalue weighted by molar-refractivity contribution is -0.140. The Morgan fingerprint density at radius 2 is 1.96 bits per heavy atom. The van der Waals surface area contributed by atoms with E-state index in [4.69, 9.17) is 16.3 Å². The number of hydrogen-bond acceptors (Lipinski definition) is 3. The van der Waals surface area contributed by atoms with E-state index in [1.165, 1.54) is 16.9 Å². The Hall–Kier alpha value is -2.35. The summed E-state index contributed by atoms with van der Waals surface area (Å²) in [6.45, 7) is 3.55. The van der Waals surface area contributed by atoms with E-state index < -0.39 is 23.3 Å². The van der Waals surface area contributed by atoms with Crippen LogP contribution in [0.2, 0.25) is 5.15 Å². The molecule has 0 bridgehead atoms. The van der Waals surface area contributed by atoms with Gasteiger partial charge in [-0.2, -0.15) is 18.3 Å². The fourth-order valence-electron chi connectivity index (χ4n) is 2.56. The van der Waals surface area contributed by atoms with Crippen LogP contribution < -0.4 is 4.74 Å². The van der Waals surface area contributed by atoms with Crippen LogP contribution in [-0.4, -0.2) is 21.4 Å². The van der Waals surface area contributed by atoms with E-state index in [2.05, 4.69) is 10.1 Å². The molecule has 0 aliphatic carbocycles. The van der Waals surface area contributed by atoms with Crippen LogP contribution >= 0.6 is 11.6 Å². The number of hydrogen-bond donors (Lipinski definition) is 0. The van der Waals surface area contributed by atoms with Crippen molar-refractivity contribution in [2.75, 3.05) is 6.61 Å². The van der Waals surface area contributed by atoms with Gasteiger partial charge in [0.1, 0.15) is 5.15 Å². The molecule has 26 heavy (non-hydrogen) atoms. The minimum absolute atomic E-state index is 0.0204. The number of aromatic nitrogens is 3. The van der Waals surface area contributed by atoms with Crippen LogP contribution in [0.4, 0.5) is 17.6 Å². The molecule has 1 aromatic carbocycles. The lowest BCUT2D eigenvalue weighted by atomic mass is 10.1. The van der Waals surface area contributed by atoms with Gasteiger partial charge in [-0.25, -0.2) is 14.1 Å². The molecule has 0 unspecified atom stereocenters. The van der Waals surface area contributed by atoms with Crippen LogP contribution in [0.25, 0.3) is 16.6 Å². The van der Waals surface area contributed by atoms with Gasteiger partial charge in [-0.1, -0.05) is 18.5 Å². The monoisotopic (exact) mass is 387 g/mol. The zero-order chi connectivity index (χ0) is 19.1. The van der Waals surface area contributed by atoms with Gasteiger partial charge < -0.3 is 4.74 Å². The quantitative estimate of drug-likeness (QED) is 0.449. The fourth-order valence-corrected chi connectivity index (χ4v) is 2.72. The Morgan fingerprint density at radius 3 is 2.62 bits per heavy atom. The summed E-state index contributed by atoms with van der Waals surface area (Å²) in [5.41, 5.74) is -0.386. The summed E-state index contributed by atoms with van der Waals surface area (Å²) < 4.78 is 60.5. The molecule has 138 valence electrons. The summed E-state index contributed by atoms with van der Waals surface area (Å²) in [5, 5.41) is 5.12. The largest absolute Gasteiger partial charge is 0.490 e. The lowest BCUT2D eigenvalue weighted by Gasteiger charge is -2.15. The number of nitrogens with zero attached hydrogens (tertiary/aromatic N) is 3. The van der Waals surface area contributed by atoms with Gasteiger partial charge in [-0.3, -0.25) is 0 Å². The van der Waals surface area contributed by atoms with Crippen LogP contribution in [0.5, 0.6) is 5.75 Å². The molecule has 0 radical (unpaired) electrons. The Labute approximate surface area is 151 Å². The highest BCUT2D eigenvalue weighted by atomic mass is 35.5. The summed E-state index contributed by atoms with van der Waals surface area (Å²) in [6.07, 6.45) is -2.94. The predicted octanol–water partition coefficient (Wildman–Crippen LogP) is 5.33. The number of benzene rings is 1. The second-order valence-electron chi connectivity index (χ2n) is 5.67. The maximum atomic E-state index is 14.3. The Kier molecular flexibility index (Phi) is 4.79. The summed E-state index contributed by atoms with van der Waals surface area (Å²) in [5.74, 6) is -1.91. The second-order valence-corrected chi connectivity index (χ2v) is 6.06. The van der Waals surface area contributed by atoms with Crippen LogP contribution in [-0.2, 0) is 6.18 Å². The topological polar surface area (TPSA) is 39.9 Å². The molecular formula is C17H14ClF4N3O. The van der Waals surface area contributed by atoms with Crippen molar-refractivity contribution in [2.45, 2.75) is 26.4 Å². The molecule has 0 saturated heterocycles. The highest BCUT2D eigenvalue weighted by Crippen LogP contribution is 2.37. The first-order valence-electron chi connectivity index (χ1n) is 7.77. The third-order valence-electron chi connectivity index (χ3n) is 3.75. The predicted molar refractivity (Wildman–Crippen MR) is 89.4 cm³/mol. The van der Waals surface area contributed by atoms with Crippen molar-refractivity contribution in [3.8, 4) is 11.4 Å². The van der Waals surface area contributed by atoms with Gasteiger partial charge in [0.25, 0.3) is 0 Å². The molecule has 0 N–H and O–H groups in total. The lowest BCUT2D eigenvalue weighted by Crippen LogP contribution is -2.12. The first-order chi connectivity index (χ1) is 12.2. The molecule has 3 rings (SSSR count). The number of halogens is 5. The number of ether oxygens (including phenoxy) is 1. The van der Waals surface area contributed by atoms with Gasteiger partial charge in [0.2, 0.25) is 0 Å². The average Bonchev–Trinajstić information content (AvgIpc) is 2.89. The fraction of sp³-hybridized carbons (Fsp3) is 0.294. The molecule has 0 aliphatic heterocycles. The summed E-state index contributed by atoms with van der Waals surface area (Å²) in [6, 6.07) is 3.47. The van der Waals surface area contributed by atoms with Crippen LogP contribution in [0.15, 0.2) is 24.4 Å². The molecular weight excluding hydrogens is 374 g/mol. The highest BCUT2D eigenvalue weighted by molar-refractivity contribution is 6.30. The van der Waals surface area contributed by atoms with Gasteiger partial charge >= 0.3 is 6.18 Å². The second kappa shape index (κ2) is 6.75. The third kappa shape index (κ3) is 3.33. The van der Waals surface area contributed by atoms with E-state index in [1.54, 1.807) is 19.9 Å². The normalized spacial score (nSPS) is 12.0. The van der Waals surface area contributed by atoms with Crippen molar-refractivity contribution < 1.29 is 22.3 Å².